The Morgan fingerprint density at radius 2 is 2.15 bits per heavy atom. The first-order valence-electron chi connectivity index (χ1n) is 7.36. The average Bonchev–Trinajstić information content (AvgIpc) is 2.49. The van der Waals surface area contributed by atoms with E-state index in [2.05, 4.69) is 26.0 Å². The van der Waals surface area contributed by atoms with E-state index in [0.717, 1.165) is 36.5 Å². The zero-order valence-electron chi connectivity index (χ0n) is 12.0. The molecule has 1 aromatic carbocycles. The zero-order chi connectivity index (χ0) is 14.1. The van der Waals surface area contributed by atoms with Gasteiger partial charge in [0, 0.05) is 27.1 Å². The van der Waals surface area contributed by atoms with Crippen LogP contribution in [0.5, 0.6) is 5.75 Å². The van der Waals surface area contributed by atoms with Gasteiger partial charge in [0.15, 0.2) is 0 Å². The van der Waals surface area contributed by atoms with Crippen molar-refractivity contribution in [3.8, 4) is 5.75 Å². The average molecular weight is 310 g/mol. The SMILES string of the molecule is CC1SCC(C(O)c2cccc3c2OCCC3)SC1C. The van der Waals surface area contributed by atoms with Gasteiger partial charge in [0.25, 0.3) is 0 Å². The molecule has 0 bridgehead atoms. The zero-order valence-corrected chi connectivity index (χ0v) is 13.7. The van der Waals surface area contributed by atoms with Gasteiger partial charge >= 0.3 is 0 Å². The van der Waals surface area contributed by atoms with Crippen LogP contribution in [0.25, 0.3) is 0 Å². The standard InChI is InChI=1S/C16H22O2S2/c1-10-11(2)20-14(9-19-10)15(17)13-7-3-5-12-6-4-8-18-16(12)13/h3,5,7,10-11,14-15,17H,4,6,8-9H2,1-2H3. The molecule has 2 aliphatic heterocycles. The number of ether oxygens (including phenoxy) is 1. The fourth-order valence-electron chi connectivity index (χ4n) is 2.82. The summed E-state index contributed by atoms with van der Waals surface area (Å²) in [6, 6.07) is 6.21. The number of rotatable bonds is 2. The molecule has 2 nitrogen and oxygen atoms in total. The number of fused-ring (bicyclic) bond motifs is 1. The molecule has 110 valence electrons. The Bertz CT molecular complexity index is 478. The van der Waals surface area contributed by atoms with Crippen LogP contribution in [0.1, 0.15) is 37.5 Å². The minimum absolute atomic E-state index is 0.267. The Balaban J connectivity index is 1.82. The van der Waals surface area contributed by atoms with Gasteiger partial charge in [0.2, 0.25) is 0 Å². The third kappa shape index (κ3) is 2.83. The Kier molecular flexibility index (Phi) is 4.53. The van der Waals surface area contributed by atoms with Gasteiger partial charge in [-0.05, 0) is 18.4 Å². The summed E-state index contributed by atoms with van der Waals surface area (Å²) in [4.78, 5) is 0. The fraction of sp³-hybridized carbons (Fsp3) is 0.625. The van der Waals surface area contributed by atoms with E-state index >= 15 is 0 Å². The Morgan fingerprint density at radius 3 is 2.95 bits per heavy atom. The monoisotopic (exact) mass is 310 g/mol. The second-order valence-corrected chi connectivity index (χ2v) is 8.68. The molecule has 1 fully saturated rings. The quantitative estimate of drug-likeness (QED) is 0.902. The van der Waals surface area contributed by atoms with E-state index in [1.807, 2.05) is 29.6 Å². The predicted octanol–water partition coefficient (Wildman–Crippen LogP) is 3.67. The first-order chi connectivity index (χ1) is 9.66. The summed E-state index contributed by atoms with van der Waals surface area (Å²) in [5, 5.41) is 12.3. The van der Waals surface area contributed by atoms with Crippen molar-refractivity contribution >= 4 is 23.5 Å². The van der Waals surface area contributed by atoms with Crippen molar-refractivity contribution < 1.29 is 9.84 Å². The number of thioether (sulfide) groups is 2. The highest BCUT2D eigenvalue weighted by Crippen LogP contribution is 2.43. The lowest BCUT2D eigenvalue weighted by molar-refractivity contribution is 0.171. The van der Waals surface area contributed by atoms with Crippen molar-refractivity contribution in [2.24, 2.45) is 0 Å². The van der Waals surface area contributed by atoms with Gasteiger partial charge in [-0.25, -0.2) is 0 Å². The highest BCUT2D eigenvalue weighted by atomic mass is 32.2. The van der Waals surface area contributed by atoms with Crippen molar-refractivity contribution in [3.05, 3.63) is 29.3 Å². The summed E-state index contributed by atoms with van der Waals surface area (Å²) in [5.74, 6) is 1.96. The molecule has 0 saturated carbocycles. The molecule has 0 aliphatic carbocycles. The molecule has 0 radical (unpaired) electrons. The lowest BCUT2D eigenvalue weighted by atomic mass is 9.98. The van der Waals surface area contributed by atoms with Gasteiger partial charge in [-0.1, -0.05) is 32.0 Å². The van der Waals surface area contributed by atoms with Gasteiger partial charge in [-0.15, -0.1) is 0 Å². The Hall–Kier alpha value is -0.320. The molecule has 1 aromatic rings. The molecule has 2 aliphatic rings. The first-order valence-corrected chi connectivity index (χ1v) is 9.35. The molecule has 0 spiro atoms. The van der Waals surface area contributed by atoms with E-state index < -0.39 is 6.10 Å². The topological polar surface area (TPSA) is 29.5 Å². The number of benzene rings is 1. The lowest BCUT2D eigenvalue weighted by Gasteiger charge is -2.35. The minimum atomic E-state index is -0.421. The summed E-state index contributed by atoms with van der Waals surface area (Å²) in [6.45, 7) is 5.31. The van der Waals surface area contributed by atoms with Gasteiger partial charge in [-0.3, -0.25) is 0 Å². The molecule has 4 atom stereocenters. The molecule has 0 amide bonds. The number of hydrogen-bond donors (Lipinski definition) is 1. The number of hydrogen-bond acceptors (Lipinski definition) is 4. The smallest absolute Gasteiger partial charge is 0.128 e. The van der Waals surface area contributed by atoms with E-state index in [0.29, 0.717) is 10.5 Å². The normalized spacial score (nSPS) is 31.2. The largest absolute Gasteiger partial charge is 0.493 e. The number of aliphatic hydroxyl groups excluding tert-OH is 1. The lowest BCUT2D eigenvalue weighted by Crippen LogP contribution is -2.30. The third-order valence-electron chi connectivity index (χ3n) is 4.21. The molecule has 4 heteroatoms. The van der Waals surface area contributed by atoms with E-state index in [-0.39, 0.29) is 5.25 Å². The van der Waals surface area contributed by atoms with Crippen molar-refractivity contribution in [3.63, 3.8) is 0 Å². The maximum atomic E-state index is 10.8. The van der Waals surface area contributed by atoms with Crippen LogP contribution in [0.4, 0.5) is 0 Å². The predicted molar refractivity (Wildman–Crippen MR) is 88.0 cm³/mol. The van der Waals surface area contributed by atoms with Crippen molar-refractivity contribution in [2.45, 2.75) is 48.5 Å². The van der Waals surface area contributed by atoms with Gasteiger partial charge in [0.1, 0.15) is 5.75 Å². The van der Waals surface area contributed by atoms with Crippen LogP contribution in [0, 0.1) is 0 Å². The fourth-order valence-corrected chi connectivity index (χ4v) is 5.81. The number of aryl methyl sites for hydroxylation is 1. The third-order valence-corrected chi connectivity index (χ3v) is 7.69. The molecular weight excluding hydrogens is 288 g/mol. The van der Waals surface area contributed by atoms with Crippen LogP contribution >= 0.6 is 23.5 Å². The first kappa shape index (κ1) is 14.6. The molecule has 2 heterocycles. The summed E-state index contributed by atoms with van der Waals surface area (Å²) in [7, 11) is 0. The van der Waals surface area contributed by atoms with Crippen molar-refractivity contribution in [1.29, 1.82) is 0 Å². The van der Waals surface area contributed by atoms with Gasteiger partial charge in [0.05, 0.1) is 12.7 Å². The summed E-state index contributed by atoms with van der Waals surface area (Å²) in [6.07, 6.45) is 1.72. The maximum Gasteiger partial charge on any atom is 0.128 e. The molecular formula is C16H22O2S2. The van der Waals surface area contributed by atoms with Crippen LogP contribution in [-0.4, -0.2) is 33.2 Å². The van der Waals surface area contributed by atoms with Crippen LogP contribution in [-0.2, 0) is 6.42 Å². The van der Waals surface area contributed by atoms with Crippen molar-refractivity contribution in [1.82, 2.24) is 0 Å². The molecule has 20 heavy (non-hydrogen) atoms. The van der Waals surface area contributed by atoms with Crippen LogP contribution < -0.4 is 4.74 Å². The van der Waals surface area contributed by atoms with Gasteiger partial charge < -0.3 is 9.84 Å². The maximum absolute atomic E-state index is 10.8. The number of aliphatic hydroxyl groups is 1. The van der Waals surface area contributed by atoms with E-state index in [4.69, 9.17) is 4.74 Å². The van der Waals surface area contributed by atoms with E-state index in [9.17, 15) is 5.11 Å². The van der Waals surface area contributed by atoms with Crippen LogP contribution in [0.2, 0.25) is 0 Å². The summed E-state index contributed by atoms with van der Waals surface area (Å²) < 4.78 is 5.84. The second-order valence-electron chi connectivity index (χ2n) is 5.65. The minimum Gasteiger partial charge on any atom is -0.493 e. The number of para-hydroxylation sites is 1. The Labute approximate surface area is 129 Å². The van der Waals surface area contributed by atoms with Crippen LogP contribution in [0.15, 0.2) is 18.2 Å². The summed E-state index contributed by atoms with van der Waals surface area (Å²) in [5.41, 5.74) is 2.24. The molecule has 1 N–H and O–H groups in total. The van der Waals surface area contributed by atoms with Crippen molar-refractivity contribution in [2.75, 3.05) is 12.4 Å². The highest BCUT2D eigenvalue weighted by Gasteiger charge is 2.33. The Morgan fingerprint density at radius 1 is 1.30 bits per heavy atom. The van der Waals surface area contributed by atoms with Crippen LogP contribution in [0.3, 0.4) is 0 Å². The van der Waals surface area contributed by atoms with E-state index in [1.54, 1.807) is 0 Å². The van der Waals surface area contributed by atoms with E-state index in [1.165, 1.54) is 5.56 Å². The molecule has 3 rings (SSSR count). The second kappa shape index (κ2) is 6.20. The summed E-state index contributed by atoms with van der Waals surface area (Å²) >= 11 is 3.89. The molecule has 4 unspecified atom stereocenters. The van der Waals surface area contributed by atoms with Gasteiger partial charge in [-0.2, -0.15) is 23.5 Å². The molecule has 1 saturated heterocycles. The highest BCUT2D eigenvalue weighted by molar-refractivity contribution is 8.07. The molecule has 0 aromatic heterocycles.